The van der Waals surface area contributed by atoms with Crippen molar-refractivity contribution in [2.75, 3.05) is 6.54 Å². The lowest BCUT2D eigenvalue weighted by Crippen LogP contribution is -2.18. The van der Waals surface area contributed by atoms with Crippen molar-refractivity contribution in [3.05, 3.63) is 68.3 Å². The summed E-state index contributed by atoms with van der Waals surface area (Å²) in [4.78, 5) is 21.7. The number of nitrogens with zero attached hydrogens (tertiary/aromatic N) is 2. The summed E-state index contributed by atoms with van der Waals surface area (Å²) in [5.74, 6) is -0.930. The molecule has 0 saturated carbocycles. The highest BCUT2D eigenvalue weighted by atomic mass is 35.5. The van der Waals surface area contributed by atoms with Gasteiger partial charge in [0.25, 0.3) is 0 Å². The lowest BCUT2D eigenvalue weighted by atomic mass is 9.92. The largest absolute Gasteiger partial charge is 0.481 e. The summed E-state index contributed by atoms with van der Waals surface area (Å²) >= 11 is 13.3. The van der Waals surface area contributed by atoms with Gasteiger partial charge in [-0.1, -0.05) is 29.3 Å². The van der Waals surface area contributed by atoms with E-state index in [1.54, 1.807) is 0 Å². The second-order valence-electron chi connectivity index (χ2n) is 8.57. The van der Waals surface area contributed by atoms with Crippen LogP contribution in [0.5, 0.6) is 0 Å². The van der Waals surface area contributed by atoms with Crippen molar-refractivity contribution in [3.63, 3.8) is 0 Å². The maximum absolute atomic E-state index is 11.2. The van der Waals surface area contributed by atoms with Gasteiger partial charge in [-0.05, 0) is 73.1 Å². The van der Waals surface area contributed by atoms with Gasteiger partial charge in [0.05, 0.1) is 11.6 Å². The number of aromatic nitrogens is 1. The molecule has 1 aromatic heterocycles. The van der Waals surface area contributed by atoms with Crippen LogP contribution in [-0.4, -0.2) is 28.6 Å². The zero-order valence-corrected chi connectivity index (χ0v) is 20.7. The van der Waals surface area contributed by atoms with Gasteiger partial charge in [-0.2, -0.15) is 5.26 Å². The molecule has 3 rings (SSSR count). The quantitative estimate of drug-likeness (QED) is 0.272. The van der Waals surface area contributed by atoms with Gasteiger partial charge in [0.15, 0.2) is 0 Å². The average Bonchev–Trinajstić information content (AvgIpc) is 3.11. The molecule has 0 bridgehead atoms. The smallest absolute Gasteiger partial charge is 0.303 e. The van der Waals surface area contributed by atoms with Crippen LogP contribution in [0.3, 0.4) is 0 Å². The summed E-state index contributed by atoms with van der Waals surface area (Å²) in [6.45, 7) is 2.43. The molecule has 1 atom stereocenters. The fourth-order valence-corrected chi connectivity index (χ4v) is 4.98. The van der Waals surface area contributed by atoms with Crippen molar-refractivity contribution in [2.45, 2.75) is 39.0 Å². The molecule has 1 amide bonds. The summed E-state index contributed by atoms with van der Waals surface area (Å²) in [6, 6.07) is 11.8. The number of aliphatic carboxylic acids is 1. The standard InChI is InChI=1S/C26H27Cl2N3O3/c1-16-9-18(14-29)10-24-21(16)12-20(31(24)2)13-22-23(27)6-5-19(26(22)28)4-3-17(11-25(33)34)7-8-30-15-32/h5-6,9-10,12,15,17H,3-4,7-8,11,13H2,1-2H3,(H,30,32)(H,33,34). The molecule has 8 heteroatoms. The number of nitrogens with one attached hydrogen (secondary N) is 1. The Balaban J connectivity index is 1.85. The van der Waals surface area contributed by atoms with Crippen molar-refractivity contribution in [1.29, 1.82) is 5.26 Å². The lowest BCUT2D eigenvalue weighted by Gasteiger charge is -2.17. The Morgan fingerprint density at radius 2 is 2.03 bits per heavy atom. The molecule has 1 unspecified atom stereocenters. The highest BCUT2D eigenvalue weighted by molar-refractivity contribution is 6.36. The first-order valence-corrected chi connectivity index (χ1v) is 11.8. The van der Waals surface area contributed by atoms with Crippen LogP contribution in [0, 0.1) is 24.2 Å². The highest BCUT2D eigenvalue weighted by Crippen LogP contribution is 2.34. The van der Waals surface area contributed by atoms with Gasteiger partial charge in [0, 0.05) is 53.1 Å². The van der Waals surface area contributed by atoms with E-state index >= 15 is 0 Å². The van der Waals surface area contributed by atoms with E-state index in [2.05, 4.69) is 22.0 Å². The van der Waals surface area contributed by atoms with Crippen LogP contribution < -0.4 is 5.32 Å². The SMILES string of the molecule is Cc1cc(C#N)cc2c1cc(Cc1c(Cl)ccc(CCC(CCNC=O)CC(=O)O)c1Cl)n2C. The van der Waals surface area contributed by atoms with Gasteiger partial charge in [-0.3, -0.25) is 9.59 Å². The number of benzene rings is 2. The molecule has 0 saturated heterocycles. The number of nitriles is 1. The van der Waals surface area contributed by atoms with Gasteiger partial charge in [0.2, 0.25) is 6.41 Å². The maximum atomic E-state index is 11.2. The molecule has 1 heterocycles. The third-order valence-electron chi connectivity index (χ3n) is 6.29. The third kappa shape index (κ3) is 5.91. The van der Waals surface area contributed by atoms with Crippen molar-refractivity contribution >= 4 is 46.5 Å². The second kappa shape index (κ2) is 11.4. The van der Waals surface area contributed by atoms with Crippen LogP contribution in [0.2, 0.25) is 10.0 Å². The van der Waals surface area contributed by atoms with Crippen molar-refractivity contribution in [1.82, 2.24) is 9.88 Å². The summed E-state index contributed by atoms with van der Waals surface area (Å²) in [5, 5.41) is 23.4. The normalized spacial score (nSPS) is 11.9. The highest BCUT2D eigenvalue weighted by Gasteiger charge is 2.18. The average molecular weight is 500 g/mol. The van der Waals surface area contributed by atoms with E-state index in [0.717, 1.165) is 33.3 Å². The number of rotatable bonds is 11. The molecule has 34 heavy (non-hydrogen) atoms. The summed E-state index contributed by atoms with van der Waals surface area (Å²) in [7, 11) is 1.97. The Morgan fingerprint density at radius 1 is 1.26 bits per heavy atom. The topological polar surface area (TPSA) is 95.1 Å². The Morgan fingerprint density at radius 3 is 2.71 bits per heavy atom. The molecule has 178 valence electrons. The minimum Gasteiger partial charge on any atom is -0.481 e. The molecule has 0 radical (unpaired) electrons. The third-order valence-corrected chi connectivity index (χ3v) is 7.11. The predicted molar refractivity (Wildman–Crippen MR) is 134 cm³/mol. The van der Waals surface area contributed by atoms with Gasteiger partial charge >= 0.3 is 5.97 Å². The molecule has 2 N–H and O–H groups in total. The first-order valence-electron chi connectivity index (χ1n) is 11.1. The Kier molecular flexibility index (Phi) is 8.60. The lowest BCUT2D eigenvalue weighted by molar-refractivity contribution is -0.138. The molecule has 0 fully saturated rings. The molecule has 3 aromatic rings. The first kappa shape index (κ1) is 25.6. The van der Waals surface area contributed by atoms with Crippen molar-refractivity contribution in [3.8, 4) is 6.07 Å². The number of aryl methyl sites for hydroxylation is 3. The second-order valence-corrected chi connectivity index (χ2v) is 9.36. The number of carbonyl (C=O) groups is 2. The van der Waals surface area contributed by atoms with E-state index < -0.39 is 5.97 Å². The Labute approximate surface area is 209 Å². The number of carboxylic acid groups (broad SMARTS) is 1. The van der Waals surface area contributed by atoms with Crippen LogP contribution >= 0.6 is 23.2 Å². The van der Waals surface area contributed by atoms with E-state index in [9.17, 15) is 20.0 Å². The number of hydrogen-bond acceptors (Lipinski definition) is 3. The first-order chi connectivity index (χ1) is 16.2. The Hall–Kier alpha value is -3.01. The van der Waals surface area contributed by atoms with E-state index in [-0.39, 0.29) is 12.3 Å². The van der Waals surface area contributed by atoms with E-state index in [0.29, 0.717) is 54.2 Å². The fourth-order valence-electron chi connectivity index (χ4n) is 4.38. The predicted octanol–water partition coefficient (Wildman–Crippen LogP) is 5.42. The minimum absolute atomic E-state index is 0.0403. The van der Waals surface area contributed by atoms with Crippen LogP contribution in [0.4, 0.5) is 0 Å². The Bertz CT molecular complexity index is 1260. The summed E-state index contributed by atoms with van der Waals surface area (Å²) in [5.41, 5.74) is 5.41. The zero-order valence-electron chi connectivity index (χ0n) is 19.2. The van der Waals surface area contributed by atoms with E-state index in [1.807, 2.05) is 38.2 Å². The van der Waals surface area contributed by atoms with Crippen LogP contribution in [0.1, 0.15) is 47.2 Å². The summed E-state index contributed by atoms with van der Waals surface area (Å²) in [6.07, 6.45) is 3.02. The number of hydrogen-bond donors (Lipinski definition) is 2. The maximum Gasteiger partial charge on any atom is 0.303 e. The van der Waals surface area contributed by atoms with Gasteiger partial charge in [-0.15, -0.1) is 0 Å². The monoisotopic (exact) mass is 499 g/mol. The number of carbonyl (C=O) groups excluding carboxylic acids is 1. The fraction of sp³-hybridized carbons (Fsp3) is 0.346. The van der Waals surface area contributed by atoms with Gasteiger partial charge in [0.1, 0.15) is 0 Å². The summed E-state index contributed by atoms with van der Waals surface area (Å²) < 4.78 is 2.06. The van der Waals surface area contributed by atoms with Crippen molar-refractivity contribution in [2.24, 2.45) is 13.0 Å². The molecule has 6 nitrogen and oxygen atoms in total. The van der Waals surface area contributed by atoms with Gasteiger partial charge < -0.3 is 15.0 Å². The number of amides is 1. The molecule has 0 aliphatic rings. The molecule has 2 aromatic carbocycles. The molecular weight excluding hydrogens is 473 g/mol. The molecule has 0 spiro atoms. The minimum atomic E-state index is -0.857. The zero-order chi connectivity index (χ0) is 24.8. The molecule has 0 aliphatic carbocycles. The number of carboxylic acids is 1. The van der Waals surface area contributed by atoms with Gasteiger partial charge in [-0.25, -0.2) is 0 Å². The number of halogens is 2. The van der Waals surface area contributed by atoms with E-state index in [4.69, 9.17) is 23.2 Å². The van der Waals surface area contributed by atoms with Crippen LogP contribution in [0.15, 0.2) is 30.3 Å². The molecule has 0 aliphatic heterocycles. The van der Waals surface area contributed by atoms with E-state index in [1.165, 1.54) is 0 Å². The van der Waals surface area contributed by atoms with Crippen LogP contribution in [-0.2, 0) is 29.5 Å². The van der Waals surface area contributed by atoms with Crippen LogP contribution in [0.25, 0.3) is 10.9 Å². The molecular formula is C26H27Cl2N3O3. The number of fused-ring (bicyclic) bond motifs is 1. The van der Waals surface area contributed by atoms with Crippen molar-refractivity contribution < 1.29 is 14.7 Å².